The molecule has 0 bridgehead atoms. The van der Waals surface area contributed by atoms with Gasteiger partial charge in [-0.05, 0) is 23.8 Å². The number of benzene rings is 2. The summed E-state index contributed by atoms with van der Waals surface area (Å²) in [5.41, 5.74) is 3.00. The molecule has 23 heavy (non-hydrogen) atoms. The van der Waals surface area contributed by atoms with Gasteiger partial charge in [0.05, 0.1) is 23.0 Å². The van der Waals surface area contributed by atoms with E-state index in [9.17, 15) is 8.78 Å². The highest BCUT2D eigenvalue weighted by atomic mass is 19.2. The second kappa shape index (κ2) is 5.31. The standard InChI is InChI=1S/C17H12F2N4/c18-14-8-16-17(9-15(14)19)22(11-20-16)10-12-2-4-13(5-3-12)23-7-1-6-21-23/h1-9,11H,10H2. The van der Waals surface area contributed by atoms with E-state index in [1.165, 1.54) is 6.07 Å². The first-order chi connectivity index (χ1) is 11.2. The molecule has 2 aromatic carbocycles. The van der Waals surface area contributed by atoms with Gasteiger partial charge in [0.15, 0.2) is 11.6 Å². The Morgan fingerprint density at radius 1 is 1.00 bits per heavy atom. The molecule has 2 heterocycles. The highest BCUT2D eigenvalue weighted by Gasteiger charge is 2.09. The van der Waals surface area contributed by atoms with Crippen molar-refractivity contribution in [1.82, 2.24) is 19.3 Å². The summed E-state index contributed by atoms with van der Waals surface area (Å²) in [7, 11) is 0. The van der Waals surface area contributed by atoms with E-state index in [4.69, 9.17) is 0 Å². The third-order valence-corrected chi connectivity index (χ3v) is 3.72. The van der Waals surface area contributed by atoms with Crippen LogP contribution in [0.15, 0.2) is 61.2 Å². The van der Waals surface area contributed by atoms with Crippen LogP contribution >= 0.6 is 0 Å². The second-order valence-electron chi connectivity index (χ2n) is 5.24. The number of halogens is 2. The molecule has 2 aromatic heterocycles. The molecule has 0 amide bonds. The fourth-order valence-electron chi connectivity index (χ4n) is 2.55. The van der Waals surface area contributed by atoms with E-state index in [0.717, 1.165) is 17.3 Å². The van der Waals surface area contributed by atoms with Gasteiger partial charge in [-0.15, -0.1) is 0 Å². The van der Waals surface area contributed by atoms with Crippen LogP contribution < -0.4 is 0 Å². The first-order valence-corrected chi connectivity index (χ1v) is 7.09. The molecule has 0 spiro atoms. The summed E-state index contributed by atoms with van der Waals surface area (Å²) in [5.74, 6) is -1.75. The largest absolute Gasteiger partial charge is 0.326 e. The minimum atomic E-state index is -0.883. The summed E-state index contributed by atoms with van der Waals surface area (Å²) in [4.78, 5) is 4.12. The fraction of sp³-hybridized carbons (Fsp3) is 0.0588. The van der Waals surface area contributed by atoms with Gasteiger partial charge in [-0.1, -0.05) is 12.1 Å². The molecule has 0 atom stereocenters. The Morgan fingerprint density at radius 3 is 2.52 bits per heavy atom. The molecule has 4 aromatic rings. The van der Waals surface area contributed by atoms with Gasteiger partial charge in [0.2, 0.25) is 0 Å². The molecule has 0 saturated heterocycles. The minimum absolute atomic E-state index is 0.442. The number of hydrogen-bond acceptors (Lipinski definition) is 2. The van der Waals surface area contributed by atoms with Crippen molar-refractivity contribution < 1.29 is 8.78 Å². The maximum Gasteiger partial charge on any atom is 0.161 e. The topological polar surface area (TPSA) is 35.6 Å². The van der Waals surface area contributed by atoms with Crippen molar-refractivity contribution in [2.24, 2.45) is 0 Å². The van der Waals surface area contributed by atoms with E-state index in [1.54, 1.807) is 21.8 Å². The summed E-state index contributed by atoms with van der Waals surface area (Å²) >= 11 is 0. The third-order valence-electron chi connectivity index (χ3n) is 3.72. The summed E-state index contributed by atoms with van der Waals surface area (Å²) in [5, 5.41) is 4.18. The SMILES string of the molecule is Fc1cc2ncn(Cc3ccc(-n4cccn4)cc3)c2cc1F. The monoisotopic (exact) mass is 310 g/mol. The average Bonchev–Trinajstić information content (AvgIpc) is 3.20. The number of fused-ring (bicyclic) bond motifs is 1. The van der Waals surface area contributed by atoms with Crippen molar-refractivity contribution in [2.45, 2.75) is 6.54 Å². The first-order valence-electron chi connectivity index (χ1n) is 7.09. The van der Waals surface area contributed by atoms with Crippen LogP contribution in [0.1, 0.15) is 5.56 Å². The normalized spacial score (nSPS) is 11.2. The van der Waals surface area contributed by atoms with Crippen LogP contribution in [-0.4, -0.2) is 19.3 Å². The molecule has 0 radical (unpaired) electrons. The zero-order valence-electron chi connectivity index (χ0n) is 12.0. The lowest BCUT2D eigenvalue weighted by Crippen LogP contribution is -2.00. The predicted molar refractivity (Wildman–Crippen MR) is 82.3 cm³/mol. The van der Waals surface area contributed by atoms with E-state index in [2.05, 4.69) is 10.1 Å². The van der Waals surface area contributed by atoms with E-state index < -0.39 is 11.6 Å². The van der Waals surface area contributed by atoms with Gasteiger partial charge in [-0.3, -0.25) is 0 Å². The molecule has 0 aliphatic heterocycles. The Bertz CT molecular complexity index is 956. The summed E-state index contributed by atoms with van der Waals surface area (Å²) in [6, 6.07) is 12.0. The van der Waals surface area contributed by atoms with Gasteiger partial charge in [0.25, 0.3) is 0 Å². The van der Waals surface area contributed by atoms with Crippen LogP contribution in [0.25, 0.3) is 16.7 Å². The van der Waals surface area contributed by atoms with Crippen LogP contribution in [0, 0.1) is 11.6 Å². The molecule has 0 unspecified atom stereocenters. The number of aromatic nitrogens is 4. The third kappa shape index (κ3) is 2.48. The Morgan fingerprint density at radius 2 is 1.78 bits per heavy atom. The quantitative estimate of drug-likeness (QED) is 0.580. The summed E-state index contributed by atoms with van der Waals surface area (Å²) < 4.78 is 30.2. The molecule has 0 N–H and O–H groups in total. The number of rotatable bonds is 3. The van der Waals surface area contributed by atoms with Crippen molar-refractivity contribution in [3.05, 3.63) is 78.4 Å². The lowest BCUT2D eigenvalue weighted by molar-refractivity contribution is 0.510. The van der Waals surface area contributed by atoms with Crippen LogP contribution in [0.3, 0.4) is 0 Å². The van der Waals surface area contributed by atoms with E-state index in [0.29, 0.717) is 17.6 Å². The Balaban J connectivity index is 1.64. The van der Waals surface area contributed by atoms with Crippen LogP contribution in [0.2, 0.25) is 0 Å². The van der Waals surface area contributed by atoms with Crippen LogP contribution in [-0.2, 0) is 6.54 Å². The van der Waals surface area contributed by atoms with Crippen molar-refractivity contribution in [2.75, 3.05) is 0 Å². The van der Waals surface area contributed by atoms with Gasteiger partial charge in [0, 0.05) is 31.1 Å². The Kier molecular flexibility index (Phi) is 3.15. The maximum absolute atomic E-state index is 13.4. The molecular formula is C17H12F2N4. The maximum atomic E-state index is 13.4. The lowest BCUT2D eigenvalue weighted by Gasteiger charge is -2.07. The molecule has 6 heteroatoms. The zero-order chi connectivity index (χ0) is 15.8. The summed E-state index contributed by atoms with van der Waals surface area (Å²) in [6.07, 6.45) is 5.18. The van der Waals surface area contributed by atoms with Gasteiger partial charge in [-0.25, -0.2) is 18.4 Å². The van der Waals surface area contributed by atoms with Gasteiger partial charge in [0.1, 0.15) is 0 Å². The highest BCUT2D eigenvalue weighted by Crippen LogP contribution is 2.19. The minimum Gasteiger partial charge on any atom is -0.326 e. The molecule has 0 aliphatic rings. The van der Waals surface area contributed by atoms with Crippen molar-refractivity contribution in [3.8, 4) is 5.69 Å². The predicted octanol–water partition coefficient (Wildman–Crippen LogP) is 3.55. The van der Waals surface area contributed by atoms with Crippen LogP contribution in [0.5, 0.6) is 0 Å². The van der Waals surface area contributed by atoms with Gasteiger partial charge < -0.3 is 4.57 Å². The molecular weight excluding hydrogens is 298 g/mol. The van der Waals surface area contributed by atoms with Crippen molar-refractivity contribution in [1.29, 1.82) is 0 Å². The number of nitrogens with zero attached hydrogens (tertiary/aromatic N) is 4. The molecule has 0 saturated carbocycles. The van der Waals surface area contributed by atoms with Gasteiger partial charge in [-0.2, -0.15) is 5.10 Å². The van der Waals surface area contributed by atoms with Crippen LogP contribution in [0.4, 0.5) is 8.78 Å². The van der Waals surface area contributed by atoms with Crippen molar-refractivity contribution >= 4 is 11.0 Å². The van der Waals surface area contributed by atoms with Gasteiger partial charge >= 0.3 is 0 Å². The molecule has 0 aliphatic carbocycles. The fourth-order valence-corrected chi connectivity index (χ4v) is 2.55. The smallest absolute Gasteiger partial charge is 0.161 e. The second-order valence-corrected chi connectivity index (χ2v) is 5.24. The number of hydrogen-bond donors (Lipinski definition) is 0. The van der Waals surface area contributed by atoms with E-state index in [1.807, 2.05) is 36.5 Å². The van der Waals surface area contributed by atoms with E-state index in [-0.39, 0.29) is 0 Å². The molecule has 114 valence electrons. The molecule has 4 nitrogen and oxygen atoms in total. The first kappa shape index (κ1) is 13.6. The molecule has 0 fully saturated rings. The highest BCUT2D eigenvalue weighted by molar-refractivity contribution is 5.75. The Labute approximate surface area is 130 Å². The number of imidazole rings is 1. The molecule has 4 rings (SSSR count). The summed E-state index contributed by atoms with van der Waals surface area (Å²) in [6.45, 7) is 0.529. The average molecular weight is 310 g/mol. The Hall–Kier alpha value is -3.02. The van der Waals surface area contributed by atoms with E-state index >= 15 is 0 Å². The zero-order valence-corrected chi connectivity index (χ0v) is 12.0. The lowest BCUT2D eigenvalue weighted by atomic mass is 10.2. The van der Waals surface area contributed by atoms with Crippen molar-refractivity contribution in [3.63, 3.8) is 0 Å².